The molecule has 7 heteroatoms. The number of hydrogen-bond donors (Lipinski definition) is 2. The highest BCUT2D eigenvalue weighted by molar-refractivity contribution is 5.77. The summed E-state index contributed by atoms with van der Waals surface area (Å²) in [5.74, 6) is 0.393. The summed E-state index contributed by atoms with van der Waals surface area (Å²) in [4.78, 5) is 4.45. The Morgan fingerprint density at radius 2 is 2.08 bits per heavy atom. The van der Waals surface area contributed by atoms with Crippen LogP contribution in [0.25, 0.3) is 0 Å². The number of ether oxygens (including phenoxy) is 1. The second-order valence-corrected chi connectivity index (χ2v) is 6.08. The lowest BCUT2D eigenvalue weighted by Crippen LogP contribution is -2.50. The third-order valence-corrected chi connectivity index (χ3v) is 4.52. The quantitative estimate of drug-likeness (QED) is 0.861. The van der Waals surface area contributed by atoms with Gasteiger partial charge in [-0.15, -0.1) is 0 Å². The average Bonchev–Trinajstić information content (AvgIpc) is 2.58. The standard InChI is InChI=1S/C17H23FN4O2/c1-12-9-14(18)4-3-13(12)11-21-5-7-22(8-6-21)16-15(24-2)10-19-20-17(16)23/h3-4,9-10,17,20,23H,5-8,11H2,1-2H3. The van der Waals surface area contributed by atoms with Gasteiger partial charge in [-0.2, -0.15) is 5.10 Å². The zero-order valence-electron chi connectivity index (χ0n) is 14.0. The molecule has 1 aromatic rings. The van der Waals surface area contributed by atoms with E-state index in [1.807, 2.05) is 13.0 Å². The fourth-order valence-electron chi connectivity index (χ4n) is 3.14. The first-order chi connectivity index (χ1) is 11.6. The lowest BCUT2D eigenvalue weighted by atomic mass is 10.1. The largest absolute Gasteiger partial charge is 0.493 e. The van der Waals surface area contributed by atoms with Crippen molar-refractivity contribution in [2.24, 2.45) is 5.10 Å². The van der Waals surface area contributed by atoms with E-state index in [-0.39, 0.29) is 5.82 Å². The second-order valence-electron chi connectivity index (χ2n) is 6.08. The van der Waals surface area contributed by atoms with Crippen LogP contribution in [-0.2, 0) is 11.3 Å². The minimum Gasteiger partial charge on any atom is -0.493 e. The Balaban J connectivity index is 1.63. The molecule has 130 valence electrons. The van der Waals surface area contributed by atoms with Crippen molar-refractivity contribution in [1.29, 1.82) is 0 Å². The van der Waals surface area contributed by atoms with Crippen molar-refractivity contribution in [3.8, 4) is 0 Å². The highest BCUT2D eigenvalue weighted by atomic mass is 19.1. The van der Waals surface area contributed by atoms with Crippen molar-refractivity contribution in [2.75, 3.05) is 33.3 Å². The summed E-state index contributed by atoms with van der Waals surface area (Å²) in [7, 11) is 1.58. The molecule has 0 aliphatic carbocycles. The van der Waals surface area contributed by atoms with Gasteiger partial charge in [0, 0.05) is 32.7 Å². The van der Waals surface area contributed by atoms with Gasteiger partial charge in [0.1, 0.15) is 11.5 Å². The third-order valence-electron chi connectivity index (χ3n) is 4.52. The van der Waals surface area contributed by atoms with Gasteiger partial charge in [0.2, 0.25) is 0 Å². The number of rotatable bonds is 4. The van der Waals surface area contributed by atoms with E-state index in [2.05, 4.69) is 20.3 Å². The van der Waals surface area contributed by atoms with Gasteiger partial charge in [0.25, 0.3) is 0 Å². The number of aliphatic hydroxyl groups is 1. The van der Waals surface area contributed by atoms with Crippen LogP contribution in [0.5, 0.6) is 0 Å². The summed E-state index contributed by atoms with van der Waals surface area (Å²) in [6, 6.07) is 4.94. The molecule has 0 radical (unpaired) electrons. The van der Waals surface area contributed by atoms with Crippen LogP contribution in [0.4, 0.5) is 4.39 Å². The summed E-state index contributed by atoms with van der Waals surface area (Å²) in [6.45, 7) is 6.04. The monoisotopic (exact) mass is 334 g/mol. The van der Waals surface area contributed by atoms with Gasteiger partial charge in [0.05, 0.1) is 13.3 Å². The average molecular weight is 334 g/mol. The number of methoxy groups -OCH3 is 1. The lowest BCUT2D eigenvalue weighted by molar-refractivity contribution is 0.0844. The van der Waals surface area contributed by atoms with E-state index >= 15 is 0 Å². The van der Waals surface area contributed by atoms with Gasteiger partial charge in [-0.3, -0.25) is 10.3 Å². The van der Waals surface area contributed by atoms with Crippen molar-refractivity contribution < 1.29 is 14.2 Å². The number of hydrazone groups is 1. The molecular weight excluding hydrogens is 311 g/mol. The van der Waals surface area contributed by atoms with Gasteiger partial charge in [-0.05, 0) is 30.2 Å². The number of nitrogens with zero attached hydrogens (tertiary/aromatic N) is 3. The van der Waals surface area contributed by atoms with Crippen LogP contribution >= 0.6 is 0 Å². The van der Waals surface area contributed by atoms with E-state index in [1.165, 1.54) is 6.07 Å². The minimum atomic E-state index is -0.851. The molecule has 1 aromatic carbocycles. The number of aliphatic hydroxyl groups excluding tert-OH is 1. The number of nitrogens with one attached hydrogen (secondary N) is 1. The highest BCUT2D eigenvalue weighted by Crippen LogP contribution is 2.20. The van der Waals surface area contributed by atoms with Crippen molar-refractivity contribution >= 4 is 6.21 Å². The maximum Gasteiger partial charge on any atom is 0.184 e. The predicted octanol–water partition coefficient (Wildman–Crippen LogP) is 1.02. The molecule has 1 unspecified atom stereocenters. The Bertz CT molecular complexity index is 654. The van der Waals surface area contributed by atoms with Crippen molar-refractivity contribution in [2.45, 2.75) is 19.7 Å². The van der Waals surface area contributed by atoms with Crippen LogP contribution in [0.1, 0.15) is 11.1 Å². The van der Waals surface area contributed by atoms with E-state index in [0.717, 1.165) is 49.5 Å². The molecule has 0 aromatic heterocycles. The molecule has 3 rings (SSSR count). The fraction of sp³-hybridized carbons (Fsp3) is 0.471. The van der Waals surface area contributed by atoms with E-state index in [4.69, 9.17) is 4.74 Å². The van der Waals surface area contributed by atoms with E-state index in [0.29, 0.717) is 5.76 Å². The SMILES string of the molecule is COC1=C(N2CCN(Cc3ccc(F)cc3C)CC2)C(O)NN=C1. The van der Waals surface area contributed by atoms with Gasteiger partial charge < -0.3 is 14.7 Å². The van der Waals surface area contributed by atoms with Crippen LogP contribution in [0, 0.1) is 12.7 Å². The Morgan fingerprint density at radius 3 is 2.75 bits per heavy atom. The summed E-state index contributed by atoms with van der Waals surface area (Å²) in [5, 5.41) is 14.0. The topological polar surface area (TPSA) is 60.3 Å². The lowest BCUT2D eigenvalue weighted by Gasteiger charge is -2.39. The Morgan fingerprint density at radius 1 is 1.33 bits per heavy atom. The van der Waals surface area contributed by atoms with Crippen LogP contribution in [0.3, 0.4) is 0 Å². The number of piperazine rings is 1. The summed E-state index contributed by atoms with van der Waals surface area (Å²) in [5.41, 5.74) is 5.50. The molecule has 6 nitrogen and oxygen atoms in total. The van der Waals surface area contributed by atoms with Crippen molar-refractivity contribution in [3.63, 3.8) is 0 Å². The molecule has 24 heavy (non-hydrogen) atoms. The van der Waals surface area contributed by atoms with E-state index in [1.54, 1.807) is 19.4 Å². The molecule has 1 fully saturated rings. The molecule has 0 saturated carbocycles. The Kier molecular flexibility index (Phi) is 5.01. The minimum absolute atomic E-state index is 0.194. The van der Waals surface area contributed by atoms with Gasteiger partial charge in [-0.25, -0.2) is 4.39 Å². The molecule has 2 aliphatic heterocycles. The molecule has 1 atom stereocenters. The van der Waals surface area contributed by atoms with Gasteiger partial charge in [-0.1, -0.05) is 6.07 Å². The summed E-state index contributed by atoms with van der Waals surface area (Å²) >= 11 is 0. The second kappa shape index (κ2) is 7.19. The predicted molar refractivity (Wildman–Crippen MR) is 89.7 cm³/mol. The van der Waals surface area contributed by atoms with E-state index in [9.17, 15) is 9.50 Å². The normalized spacial score (nSPS) is 21.8. The zero-order valence-corrected chi connectivity index (χ0v) is 14.0. The number of halogens is 1. The number of hydrogen-bond acceptors (Lipinski definition) is 6. The number of allylic oxidation sites excluding steroid dienone is 1. The van der Waals surface area contributed by atoms with Gasteiger partial charge in [0.15, 0.2) is 12.0 Å². The van der Waals surface area contributed by atoms with Crippen LogP contribution in [0.2, 0.25) is 0 Å². The van der Waals surface area contributed by atoms with E-state index < -0.39 is 6.23 Å². The molecule has 0 spiro atoms. The first-order valence-electron chi connectivity index (χ1n) is 8.05. The fourth-order valence-corrected chi connectivity index (χ4v) is 3.14. The summed E-state index contributed by atoms with van der Waals surface area (Å²) in [6.07, 6.45) is 0.729. The third kappa shape index (κ3) is 3.52. The van der Waals surface area contributed by atoms with Crippen molar-refractivity contribution in [1.82, 2.24) is 15.2 Å². The first kappa shape index (κ1) is 16.7. The zero-order chi connectivity index (χ0) is 17.1. The van der Waals surface area contributed by atoms with Crippen molar-refractivity contribution in [3.05, 3.63) is 46.6 Å². The van der Waals surface area contributed by atoms with Crippen LogP contribution in [-0.4, -0.2) is 60.6 Å². The van der Waals surface area contributed by atoms with Crippen LogP contribution in [0.15, 0.2) is 34.8 Å². The maximum atomic E-state index is 13.2. The molecule has 1 saturated heterocycles. The molecule has 2 aliphatic rings. The van der Waals surface area contributed by atoms with Crippen LogP contribution < -0.4 is 5.43 Å². The molecular formula is C17H23FN4O2. The number of benzene rings is 1. The molecule has 0 bridgehead atoms. The van der Waals surface area contributed by atoms with Gasteiger partial charge >= 0.3 is 0 Å². The Hall–Kier alpha value is -2.12. The summed E-state index contributed by atoms with van der Waals surface area (Å²) < 4.78 is 18.5. The maximum absolute atomic E-state index is 13.2. The number of aryl methyl sites for hydroxylation is 1. The molecule has 0 amide bonds. The Labute approximate surface area is 141 Å². The highest BCUT2D eigenvalue weighted by Gasteiger charge is 2.28. The molecule has 2 heterocycles. The first-order valence-corrected chi connectivity index (χ1v) is 8.05. The smallest absolute Gasteiger partial charge is 0.184 e. The molecule has 2 N–H and O–H groups in total.